The Bertz CT molecular complexity index is 153. The van der Waals surface area contributed by atoms with Gasteiger partial charge in [-0.05, 0) is 11.8 Å². The van der Waals surface area contributed by atoms with Crippen molar-refractivity contribution in [1.82, 2.24) is 4.42 Å². The highest BCUT2D eigenvalue weighted by Gasteiger charge is 2.29. The van der Waals surface area contributed by atoms with E-state index in [-0.39, 0.29) is 0 Å². The lowest BCUT2D eigenvalue weighted by atomic mass is 10.3. The van der Waals surface area contributed by atoms with Gasteiger partial charge in [0.2, 0.25) is 0 Å². The second-order valence-corrected chi connectivity index (χ2v) is 3.18. The van der Waals surface area contributed by atoms with Crippen molar-refractivity contribution in [1.29, 1.82) is 0 Å². The number of rotatable bonds is 1. The van der Waals surface area contributed by atoms with E-state index in [0.717, 1.165) is 0 Å². The van der Waals surface area contributed by atoms with Gasteiger partial charge >= 0.3 is 0 Å². The van der Waals surface area contributed by atoms with Crippen LogP contribution in [0.2, 0.25) is 0 Å². The third-order valence-electron chi connectivity index (χ3n) is 1.25. The monoisotopic (exact) mass is 182 g/mol. The van der Waals surface area contributed by atoms with Crippen molar-refractivity contribution < 1.29 is 4.74 Å². The van der Waals surface area contributed by atoms with E-state index in [0.29, 0.717) is 13.2 Å². The molecule has 0 saturated heterocycles. The Kier molecular flexibility index (Phi) is 2.52. The molecule has 1 unspecified atom stereocenters. The van der Waals surface area contributed by atoms with Crippen molar-refractivity contribution in [3.63, 3.8) is 0 Å². The zero-order chi connectivity index (χ0) is 7.61. The van der Waals surface area contributed by atoms with Crippen molar-refractivity contribution in [2.75, 3.05) is 20.3 Å². The normalized spacial score (nSPS) is 34.7. The standard InChI is InChI=1S/C5H8Cl2N2O/c1-10-5(6)2-8-4-9(7)3-5/h2H,3-4H2,1H3. The predicted molar refractivity (Wildman–Crippen MR) is 41.5 cm³/mol. The predicted octanol–water partition coefficient (Wildman–Crippen LogP) is 1.07. The molecule has 0 N–H and O–H groups in total. The molecule has 0 aliphatic carbocycles. The van der Waals surface area contributed by atoms with Gasteiger partial charge in [0, 0.05) is 13.3 Å². The topological polar surface area (TPSA) is 24.8 Å². The number of halogens is 2. The molecule has 0 radical (unpaired) electrons. The summed E-state index contributed by atoms with van der Waals surface area (Å²) < 4.78 is 6.41. The summed E-state index contributed by atoms with van der Waals surface area (Å²) in [5.74, 6) is 0. The number of hydrogen-bond donors (Lipinski definition) is 0. The van der Waals surface area contributed by atoms with Crippen LogP contribution in [0.4, 0.5) is 0 Å². The van der Waals surface area contributed by atoms with Crippen LogP contribution in [-0.2, 0) is 4.74 Å². The molecular formula is C5H8Cl2N2O. The average molecular weight is 183 g/mol. The first-order chi connectivity index (χ1) is 4.66. The van der Waals surface area contributed by atoms with E-state index in [1.165, 1.54) is 11.5 Å². The molecule has 0 amide bonds. The summed E-state index contributed by atoms with van der Waals surface area (Å²) >= 11 is 11.5. The summed E-state index contributed by atoms with van der Waals surface area (Å²) in [5, 5.41) is -0.833. The molecule has 0 aromatic rings. The Hall–Kier alpha value is 0.170. The lowest BCUT2D eigenvalue weighted by Gasteiger charge is -2.27. The summed E-state index contributed by atoms with van der Waals surface area (Å²) in [4.78, 5) is 3.89. The molecule has 5 heteroatoms. The van der Waals surface area contributed by atoms with Crippen LogP contribution in [0.15, 0.2) is 4.99 Å². The Morgan fingerprint density at radius 2 is 2.50 bits per heavy atom. The molecule has 1 heterocycles. The van der Waals surface area contributed by atoms with Crippen LogP contribution in [0, 0.1) is 0 Å². The summed E-state index contributed by atoms with van der Waals surface area (Å²) in [6.45, 7) is 0.926. The molecule has 58 valence electrons. The number of alkyl halides is 1. The molecule has 1 aliphatic heterocycles. The molecule has 3 nitrogen and oxygen atoms in total. The molecule has 1 atom stereocenters. The Morgan fingerprint density at radius 1 is 1.80 bits per heavy atom. The van der Waals surface area contributed by atoms with E-state index in [1.807, 2.05) is 0 Å². The number of nitrogens with zero attached hydrogens (tertiary/aromatic N) is 2. The fraction of sp³-hybridized carbons (Fsp3) is 0.800. The van der Waals surface area contributed by atoms with Gasteiger partial charge in [-0.25, -0.2) is 0 Å². The van der Waals surface area contributed by atoms with E-state index in [9.17, 15) is 0 Å². The summed E-state index contributed by atoms with van der Waals surface area (Å²) in [7, 11) is 1.52. The van der Waals surface area contributed by atoms with Gasteiger partial charge < -0.3 is 4.74 Å². The van der Waals surface area contributed by atoms with E-state index < -0.39 is 5.06 Å². The fourth-order valence-electron chi connectivity index (χ4n) is 0.708. The van der Waals surface area contributed by atoms with Crippen molar-refractivity contribution in [2.24, 2.45) is 4.99 Å². The van der Waals surface area contributed by atoms with Crippen LogP contribution in [0.5, 0.6) is 0 Å². The van der Waals surface area contributed by atoms with Gasteiger partial charge in [-0.1, -0.05) is 11.6 Å². The summed E-state index contributed by atoms with van der Waals surface area (Å²) in [6.07, 6.45) is 1.56. The highest BCUT2D eigenvalue weighted by atomic mass is 35.5. The molecule has 0 saturated carbocycles. The molecule has 0 fully saturated rings. The fourth-order valence-corrected chi connectivity index (χ4v) is 1.22. The minimum absolute atomic E-state index is 0.454. The minimum Gasteiger partial charge on any atom is -0.356 e. The van der Waals surface area contributed by atoms with E-state index in [1.54, 1.807) is 6.21 Å². The van der Waals surface area contributed by atoms with Gasteiger partial charge in [-0.15, -0.1) is 0 Å². The first-order valence-corrected chi connectivity index (χ1v) is 3.54. The lowest BCUT2D eigenvalue weighted by molar-refractivity contribution is 0.1000. The molecular weight excluding hydrogens is 175 g/mol. The van der Waals surface area contributed by atoms with Gasteiger partial charge in [0.05, 0.1) is 6.54 Å². The molecule has 1 rings (SSSR count). The SMILES string of the molecule is COC1(Cl)C=NCN(Cl)C1. The zero-order valence-corrected chi connectivity index (χ0v) is 7.06. The van der Waals surface area contributed by atoms with Gasteiger partial charge in [0.1, 0.15) is 6.67 Å². The highest BCUT2D eigenvalue weighted by molar-refractivity contribution is 6.31. The van der Waals surface area contributed by atoms with Gasteiger partial charge in [0.25, 0.3) is 0 Å². The maximum absolute atomic E-state index is 5.86. The summed E-state index contributed by atoms with van der Waals surface area (Å²) in [6, 6.07) is 0. The van der Waals surface area contributed by atoms with Crippen molar-refractivity contribution in [3.05, 3.63) is 0 Å². The second kappa shape index (κ2) is 3.05. The quantitative estimate of drug-likeness (QED) is 0.448. The molecule has 0 aromatic carbocycles. The number of ether oxygens (including phenoxy) is 1. The molecule has 0 bridgehead atoms. The largest absolute Gasteiger partial charge is 0.356 e. The molecule has 0 spiro atoms. The minimum atomic E-state index is -0.833. The Morgan fingerprint density at radius 3 is 2.90 bits per heavy atom. The average Bonchev–Trinajstić information content (AvgIpc) is 1.88. The van der Waals surface area contributed by atoms with Crippen molar-refractivity contribution >= 4 is 29.6 Å². The third kappa shape index (κ3) is 1.83. The van der Waals surface area contributed by atoms with Gasteiger partial charge in [-0.2, -0.15) is 4.42 Å². The third-order valence-corrected chi connectivity index (χ3v) is 1.84. The first kappa shape index (κ1) is 8.27. The van der Waals surface area contributed by atoms with Crippen LogP contribution >= 0.6 is 23.4 Å². The Balaban J connectivity index is 2.61. The number of hydrogen-bond acceptors (Lipinski definition) is 3. The van der Waals surface area contributed by atoms with E-state index >= 15 is 0 Å². The zero-order valence-electron chi connectivity index (χ0n) is 5.55. The van der Waals surface area contributed by atoms with Crippen molar-refractivity contribution in [2.45, 2.75) is 5.06 Å². The highest BCUT2D eigenvalue weighted by Crippen LogP contribution is 2.19. The summed E-state index contributed by atoms with van der Waals surface area (Å²) in [5.41, 5.74) is 0. The number of methoxy groups -OCH3 is 1. The van der Waals surface area contributed by atoms with E-state index in [2.05, 4.69) is 4.99 Å². The van der Waals surface area contributed by atoms with Crippen LogP contribution < -0.4 is 0 Å². The molecule has 10 heavy (non-hydrogen) atoms. The maximum atomic E-state index is 5.86. The van der Waals surface area contributed by atoms with Crippen molar-refractivity contribution in [3.8, 4) is 0 Å². The first-order valence-electron chi connectivity index (χ1n) is 2.82. The smallest absolute Gasteiger partial charge is 0.190 e. The van der Waals surface area contributed by atoms with Gasteiger partial charge in [-0.3, -0.25) is 4.99 Å². The Labute approximate surface area is 69.7 Å². The number of aliphatic imine (C=N–C) groups is 1. The molecule has 1 aliphatic rings. The van der Waals surface area contributed by atoms with Crippen LogP contribution in [0.25, 0.3) is 0 Å². The molecule has 0 aromatic heterocycles. The van der Waals surface area contributed by atoms with E-state index in [4.69, 9.17) is 28.1 Å². The maximum Gasteiger partial charge on any atom is 0.190 e. The van der Waals surface area contributed by atoms with Crippen LogP contribution in [0.3, 0.4) is 0 Å². The van der Waals surface area contributed by atoms with Crippen LogP contribution in [-0.4, -0.2) is 36.0 Å². The van der Waals surface area contributed by atoms with Crippen LogP contribution in [0.1, 0.15) is 0 Å². The lowest BCUT2D eigenvalue weighted by Crippen LogP contribution is -2.41. The van der Waals surface area contributed by atoms with Gasteiger partial charge in [0.15, 0.2) is 5.06 Å². The second-order valence-electron chi connectivity index (χ2n) is 2.06.